The van der Waals surface area contributed by atoms with Crippen LogP contribution in [0.4, 0.5) is 0 Å². The monoisotopic (exact) mass is 940 g/mol. The van der Waals surface area contributed by atoms with Gasteiger partial charge in [-0.05, 0) is 128 Å². The van der Waals surface area contributed by atoms with Gasteiger partial charge in [-0.25, -0.2) is 0 Å². The van der Waals surface area contributed by atoms with Gasteiger partial charge >= 0.3 is 11.6 Å². The largest absolute Gasteiger partial charge is 1.00 e. The van der Waals surface area contributed by atoms with Crippen LogP contribution < -0.4 is 53.4 Å². The zero-order chi connectivity index (χ0) is 45.2. The van der Waals surface area contributed by atoms with Crippen molar-refractivity contribution in [3.8, 4) is 90.8 Å². The summed E-state index contributed by atoms with van der Waals surface area (Å²) in [6, 6.07) is 67.6. The first-order valence-electron chi connectivity index (χ1n) is 21.2. The molecule has 2 aromatic heterocycles. The predicted molar refractivity (Wildman–Crippen MR) is 254 cm³/mol. The van der Waals surface area contributed by atoms with Crippen LogP contribution in [0.5, 0.6) is 23.0 Å². The number of methoxy groups -OCH3 is 4. The molecule has 0 saturated carbocycles. The predicted octanol–water partition coefficient (Wildman–Crippen LogP) is 3.80. The number of benzene rings is 8. The first kappa shape index (κ1) is 47.6. The topological polar surface area (TPSA) is 106 Å². The molecule has 0 unspecified atom stereocenters. The van der Waals surface area contributed by atoms with Crippen molar-refractivity contribution < 1.29 is 53.4 Å². The standard InChI is InChI=1S/C40H32N8O2.C14H14O2.2ClH/c1-49-37-27-31(23-25-35(37)47-43-39(29-15-7-3-8-16-29)41-45(47)33-19-11-5-12-20-33)32-24-26-36(38(28-32)50-2)48-44-40(30-17-9-4-10-18-30)42-46(48)34-21-13-6-14-22-34;1-15-13-9-5-3-7-11(13)12-8-4-6-10-14(12)16-2;;/h3-28H,1-2H3;3-10H,1-2H3;2*1H/q+2;;;/p-2. The number of para-hydroxylation sites is 4. The number of ether oxygens (including phenoxy) is 4. The van der Waals surface area contributed by atoms with Crippen molar-refractivity contribution in [1.29, 1.82) is 0 Å². The van der Waals surface area contributed by atoms with Crippen LogP contribution in [-0.4, -0.2) is 58.4 Å². The molecule has 0 N–H and O–H groups in total. The minimum atomic E-state index is 0. The normalized spacial score (nSPS) is 10.4. The second-order valence-corrected chi connectivity index (χ2v) is 14.8. The minimum absolute atomic E-state index is 0. The molecule has 68 heavy (non-hydrogen) atoms. The third-order valence-corrected chi connectivity index (χ3v) is 10.8. The molecule has 0 aliphatic rings. The lowest BCUT2D eigenvalue weighted by atomic mass is 10.0. The van der Waals surface area contributed by atoms with Crippen molar-refractivity contribution in [3.63, 3.8) is 0 Å². The van der Waals surface area contributed by atoms with Crippen LogP contribution in [-0.2, 0) is 0 Å². The molecule has 14 heteroatoms. The third kappa shape index (κ3) is 10.1. The molecule has 2 heterocycles. The van der Waals surface area contributed by atoms with Crippen molar-refractivity contribution in [2.75, 3.05) is 28.4 Å². The zero-order valence-corrected chi connectivity index (χ0v) is 39.1. The summed E-state index contributed by atoms with van der Waals surface area (Å²) in [6.45, 7) is 0. The Balaban J connectivity index is 0.000000323. The summed E-state index contributed by atoms with van der Waals surface area (Å²) in [5, 5.41) is 19.6. The molecule has 0 atom stereocenters. The Morgan fingerprint density at radius 3 is 1.01 bits per heavy atom. The van der Waals surface area contributed by atoms with Gasteiger partial charge in [0.15, 0.2) is 11.5 Å². The summed E-state index contributed by atoms with van der Waals surface area (Å²) in [4.78, 5) is 7.09. The summed E-state index contributed by atoms with van der Waals surface area (Å²) in [6.07, 6.45) is 0. The van der Waals surface area contributed by atoms with Gasteiger partial charge in [-0.15, -0.1) is 0 Å². The molecule has 10 rings (SSSR count). The third-order valence-electron chi connectivity index (χ3n) is 10.8. The van der Waals surface area contributed by atoms with Crippen molar-refractivity contribution in [2.45, 2.75) is 0 Å². The Bertz CT molecular complexity index is 2990. The molecule has 0 aliphatic heterocycles. The van der Waals surface area contributed by atoms with E-state index in [0.29, 0.717) is 23.1 Å². The Labute approximate surface area is 407 Å². The number of hydrogen-bond acceptors (Lipinski definition) is 8. The van der Waals surface area contributed by atoms with Gasteiger partial charge in [-0.1, -0.05) is 109 Å². The molecule has 0 saturated heterocycles. The Morgan fingerprint density at radius 1 is 0.338 bits per heavy atom. The summed E-state index contributed by atoms with van der Waals surface area (Å²) in [5.41, 5.74) is 8.98. The van der Waals surface area contributed by atoms with Crippen LogP contribution in [0.15, 0.2) is 206 Å². The highest BCUT2D eigenvalue weighted by atomic mass is 35.5. The van der Waals surface area contributed by atoms with E-state index < -0.39 is 0 Å². The van der Waals surface area contributed by atoms with E-state index >= 15 is 0 Å². The van der Waals surface area contributed by atoms with E-state index in [4.69, 9.17) is 39.3 Å². The fourth-order valence-electron chi connectivity index (χ4n) is 7.52. The van der Waals surface area contributed by atoms with Crippen molar-refractivity contribution in [3.05, 3.63) is 206 Å². The highest BCUT2D eigenvalue weighted by Crippen LogP contribution is 2.36. The van der Waals surface area contributed by atoms with Gasteiger partial charge in [-0.3, -0.25) is 0 Å². The second kappa shape index (κ2) is 22.2. The smallest absolute Gasteiger partial charge is 0.340 e. The van der Waals surface area contributed by atoms with Crippen LogP contribution >= 0.6 is 0 Å². The fraction of sp³-hybridized carbons (Fsp3) is 0.0741. The molecule has 8 aromatic carbocycles. The summed E-state index contributed by atoms with van der Waals surface area (Å²) in [7, 11) is 6.67. The van der Waals surface area contributed by atoms with Crippen LogP contribution in [0, 0.1) is 0 Å². The van der Waals surface area contributed by atoms with Crippen molar-refractivity contribution in [2.24, 2.45) is 0 Å². The Hall–Kier alpha value is -8.32. The first-order chi connectivity index (χ1) is 32.6. The molecule has 10 aromatic rings. The lowest BCUT2D eigenvalue weighted by Gasteiger charge is -2.11. The van der Waals surface area contributed by atoms with Gasteiger partial charge in [0, 0.05) is 20.7 Å². The second-order valence-electron chi connectivity index (χ2n) is 14.8. The SMILES string of the molecule is COc1cc(-c2ccc(-[n+]3nc(-c4ccccc4)nn3-c3ccccc3)c(OC)c2)ccc1-[n+]1nc(-c2ccccc2)nn1-c1ccccc1.COc1ccccc1-c1ccccc1OC.[Cl-].[Cl-]. The first-order valence-corrected chi connectivity index (χ1v) is 21.2. The maximum atomic E-state index is 5.97. The van der Waals surface area contributed by atoms with Gasteiger partial charge in [-0.2, -0.15) is 0 Å². The molecule has 0 bridgehead atoms. The average Bonchev–Trinajstić information content (AvgIpc) is 4.06. The lowest BCUT2D eigenvalue weighted by molar-refractivity contribution is -0.734. The van der Waals surface area contributed by atoms with E-state index in [1.165, 1.54) is 0 Å². The summed E-state index contributed by atoms with van der Waals surface area (Å²) in [5.74, 6) is 4.16. The summed E-state index contributed by atoms with van der Waals surface area (Å²) >= 11 is 0. The van der Waals surface area contributed by atoms with Crippen LogP contribution in [0.2, 0.25) is 0 Å². The van der Waals surface area contributed by atoms with Gasteiger partial charge in [0.25, 0.3) is 0 Å². The molecule has 12 nitrogen and oxygen atoms in total. The lowest BCUT2D eigenvalue weighted by Crippen LogP contribution is -3.00. The quantitative estimate of drug-likeness (QED) is 0.171. The number of hydrogen-bond donors (Lipinski definition) is 0. The van der Waals surface area contributed by atoms with E-state index in [0.717, 1.165) is 67.6 Å². The van der Waals surface area contributed by atoms with Gasteiger partial charge in [0.1, 0.15) is 22.9 Å². The Kier molecular flexibility index (Phi) is 15.6. The van der Waals surface area contributed by atoms with Crippen LogP contribution in [0.25, 0.3) is 67.8 Å². The number of nitrogens with zero attached hydrogens (tertiary/aromatic N) is 8. The number of rotatable bonds is 12. The van der Waals surface area contributed by atoms with Gasteiger partial charge in [0.05, 0.1) is 49.8 Å². The maximum Gasteiger partial charge on any atom is 0.340 e. The van der Waals surface area contributed by atoms with E-state index in [1.807, 2.05) is 206 Å². The molecular formula is C54H46Cl2N8O4. The number of aromatic nitrogens is 8. The number of tetrazole rings is 2. The van der Waals surface area contributed by atoms with E-state index in [-0.39, 0.29) is 24.8 Å². The van der Waals surface area contributed by atoms with Gasteiger partial charge in [0.2, 0.25) is 11.4 Å². The van der Waals surface area contributed by atoms with Crippen molar-refractivity contribution in [1.82, 2.24) is 30.0 Å². The van der Waals surface area contributed by atoms with Crippen molar-refractivity contribution >= 4 is 0 Å². The summed E-state index contributed by atoms with van der Waals surface area (Å²) < 4.78 is 22.6. The molecule has 0 amide bonds. The highest BCUT2D eigenvalue weighted by molar-refractivity contribution is 5.76. The van der Waals surface area contributed by atoms with E-state index in [1.54, 1.807) is 47.6 Å². The Morgan fingerprint density at radius 2 is 0.662 bits per heavy atom. The fourth-order valence-corrected chi connectivity index (χ4v) is 7.52. The maximum absolute atomic E-state index is 5.97. The van der Waals surface area contributed by atoms with E-state index in [9.17, 15) is 0 Å². The molecule has 0 spiro atoms. The van der Waals surface area contributed by atoms with Crippen LogP contribution in [0.3, 0.4) is 0 Å². The molecule has 340 valence electrons. The van der Waals surface area contributed by atoms with Gasteiger partial charge < -0.3 is 43.8 Å². The highest BCUT2D eigenvalue weighted by Gasteiger charge is 2.28. The number of halogens is 2. The minimum Gasteiger partial charge on any atom is -1.00 e. The van der Waals surface area contributed by atoms with Crippen LogP contribution in [0.1, 0.15) is 0 Å². The van der Waals surface area contributed by atoms with E-state index in [2.05, 4.69) is 0 Å². The molecule has 0 radical (unpaired) electrons. The molecule has 0 aliphatic carbocycles. The molecule has 0 fully saturated rings. The molecular weight excluding hydrogens is 896 g/mol. The zero-order valence-electron chi connectivity index (χ0n) is 37.6. The average molecular weight is 942 g/mol.